The SMILES string of the molecule is Cc1c(NCc2cccc(F)c2)cccc1C(N)=O. The summed E-state index contributed by atoms with van der Waals surface area (Å²) in [6.07, 6.45) is 0. The lowest BCUT2D eigenvalue weighted by atomic mass is 10.1. The second-order valence-electron chi connectivity index (χ2n) is 4.33. The third kappa shape index (κ3) is 3.10. The van der Waals surface area contributed by atoms with E-state index < -0.39 is 5.91 Å². The Kier molecular flexibility index (Phi) is 3.80. The van der Waals surface area contributed by atoms with Crippen LogP contribution in [0.25, 0.3) is 0 Å². The number of anilines is 1. The third-order valence-electron chi connectivity index (χ3n) is 2.97. The van der Waals surface area contributed by atoms with Crippen molar-refractivity contribution in [2.24, 2.45) is 5.73 Å². The van der Waals surface area contributed by atoms with Gasteiger partial charge in [0, 0.05) is 17.8 Å². The Morgan fingerprint density at radius 1 is 1.26 bits per heavy atom. The smallest absolute Gasteiger partial charge is 0.249 e. The van der Waals surface area contributed by atoms with Crippen LogP contribution < -0.4 is 11.1 Å². The van der Waals surface area contributed by atoms with Gasteiger partial charge in [-0.15, -0.1) is 0 Å². The molecule has 0 unspecified atom stereocenters. The molecule has 2 aromatic rings. The molecule has 0 aliphatic carbocycles. The largest absolute Gasteiger partial charge is 0.381 e. The summed E-state index contributed by atoms with van der Waals surface area (Å²) in [6, 6.07) is 11.7. The normalized spacial score (nSPS) is 10.2. The predicted octanol–water partition coefficient (Wildman–Crippen LogP) is 2.85. The Labute approximate surface area is 111 Å². The number of amides is 1. The highest BCUT2D eigenvalue weighted by atomic mass is 19.1. The highest BCUT2D eigenvalue weighted by Crippen LogP contribution is 2.19. The Morgan fingerprint density at radius 2 is 2.00 bits per heavy atom. The molecule has 0 aromatic heterocycles. The highest BCUT2D eigenvalue weighted by Gasteiger charge is 2.08. The summed E-state index contributed by atoms with van der Waals surface area (Å²) in [5, 5.41) is 3.18. The van der Waals surface area contributed by atoms with E-state index in [2.05, 4.69) is 5.32 Å². The van der Waals surface area contributed by atoms with Crippen molar-refractivity contribution in [3.8, 4) is 0 Å². The first-order valence-corrected chi connectivity index (χ1v) is 5.95. The molecule has 0 radical (unpaired) electrons. The van der Waals surface area contributed by atoms with Crippen LogP contribution in [-0.4, -0.2) is 5.91 Å². The minimum atomic E-state index is -0.452. The van der Waals surface area contributed by atoms with Crippen LogP contribution in [-0.2, 0) is 6.54 Å². The summed E-state index contributed by atoms with van der Waals surface area (Å²) >= 11 is 0. The molecule has 2 aromatic carbocycles. The minimum absolute atomic E-state index is 0.262. The number of carbonyl (C=O) groups excluding carboxylic acids is 1. The van der Waals surface area contributed by atoms with Crippen LogP contribution in [0.4, 0.5) is 10.1 Å². The van der Waals surface area contributed by atoms with Crippen molar-refractivity contribution in [2.75, 3.05) is 5.32 Å². The van der Waals surface area contributed by atoms with Crippen LogP contribution in [0.15, 0.2) is 42.5 Å². The van der Waals surface area contributed by atoms with Gasteiger partial charge in [0.1, 0.15) is 5.82 Å². The molecule has 0 heterocycles. The van der Waals surface area contributed by atoms with E-state index in [4.69, 9.17) is 5.73 Å². The van der Waals surface area contributed by atoms with Gasteiger partial charge in [-0.2, -0.15) is 0 Å². The Balaban J connectivity index is 2.16. The van der Waals surface area contributed by atoms with Crippen molar-refractivity contribution < 1.29 is 9.18 Å². The number of primary amides is 1. The summed E-state index contributed by atoms with van der Waals surface area (Å²) in [4.78, 5) is 11.2. The van der Waals surface area contributed by atoms with Crippen LogP contribution in [0.1, 0.15) is 21.5 Å². The molecule has 98 valence electrons. The third-order valence-corrected chi connectivity index (χ3v) is 2.97. The van der Waals surface area contributed by atoms with E-state index >= 15 is 0 Å². The molecular formula is C15H15FN2O. The molecule has 3 N–H and O–H groups in total. The van der Waals surface area contributed by atoms with Crippen molar-refractivity contribution in [1.82, 2.24) is 0 Å². The monoisotopic (exact) mass is 258 g/mol. The van der Waals surface area contributed by atoms with Gasteiger partial charge in [0.05, 0.1) is 0 Å². The van der Waals surface area contributed by atoms with Gasteiger partial charge in [0.15, 0.2) is 0 Å². The maximum atomic E-state index is 13.1. The van der Waals surface area contributed by atoms with Gasteiger partial charge >= 0.3 is 0 Å². The van der Waals surface area contributed by atoms with Crippen LogP contribution in [0.5, 0.6) is 0 Å². The first kappa shape index (κ1) is 13.1. The summed E-state index contributed by atoms with van der Waals surface area (Å²) in [6.45, 7) is 2.31. The van der Waals surface area contributed by atoms with Crippen molar-refractivity contribution in [1.29, 1.82) is 0 Å². The zero-order valence-corrected chi connectivity index (χ0v) is 10.6. The molecule has 0 bridgehead atoms. The van der Waals surface area contributed by atoms with Crippen LogP contribution in [0, 0.1) is 12.7 Å². The first-order valence-electron chi connectivity index (χ1n) is 5.95. The number of nitrogens with one attached hydrogen (secondary N) is 1. The summed E-state index contributed by atoms with van der Waals surface area (Å²) < 4.78 is 13.1. The average molecular weight is 258 g/mol. The number of rotatable bonds is 4. The fourth-order valence-corrected chi connectivity index (χ4v) is 1.94. The predicted molar refractivity (Wildman–Crippen MR) is 73.4 cm³/mol. The van der Waals surface area contributed by atoms with Gasteiger partial charge in [-0.3, -0.25) is 4.79 Å². The minimum Gasteiger partial charge on any atom is -0.381 e. The van der Waals surface area contributed by atoms with Crippen molar-refractivity contribution >= 4 is 11.6 Å². The quantitative estimate of drug-likeness (QED) is 0.886. The molecule has 0 saturated carbocycles. The maximum Gasteiger partial charge on any atom is 0.249 e. The lowest BCUT2D eigenvalue weighted by Crippen LogP contribution is -2.13. The Morgan fingerprint density at radius 3 is 2.68 bits per heavy atom. The van der Waals surface area contributed by atoms with Crippen molar-refractivity contribution in [2.45, 2.75) is 13.5 Å². The van der Waals surface area contributed by atoms with E-state index in [1.807, 2.05) is 19.1 Å². The number of hydrogen-bond acceptors (Lipinski definition) is 2. The first-order chi connectivity index (χ1) is 9.08. The topological polar surface area (TPSA) is 55.1 Å². The highest BCUT2D eigenvalue weighted by molar-refractivity contribution is 5.95. The number of nitrogens with two attached hydrogens (primary N) is 1. The molecular weight excluding hydrogens is 243 g/mol. The number of hydrogen-bond donors (Lipinski definition) is 2. The van der Waals surface area contributed by atoms with Gasteiger partial charge < -0.3 is 11.1 Å². The van der Waals surface area contributed by atoms with E-state index in [0.29, 0.717) is 12.1 Å². The zero-order valence-electron chi connectivity index (χ0n) is 10.6. The molecule has 19 heavy (non-hydrogen) atoms. The molecule has 4 heteroatoms. The molecule has 0 saturated heterocycles. The lowest BCUT2D eigenvalue weighted by Gasteiger charge is -2.12. The van der Waals surface area contributed by atoms with Gasteiger partial charge in [0.25, 0.3) is 0 Å². The molecule has 0 aliphatic heterocycles. The molecule has 0 atom stereocenters. The number of halogens is 1. The summed E-state index contributed by atoms with van der Waals surface area (Å²) in [5.41, 5.74) is 8.24. The standard InChI is InChI=1S/C15H15FN2O/c1-10-13(15(17)19)6-3-7-14(10)18-9-11-4-2-5-12(16)8-11/h2-8,18H,9H2,1H3,(H2,17,19). The van der Waals surface area contributed by atoms with Gasteiger partial charge in [-0.25, -0.2) is 4.39 Å². The zero-order chi connectivity index (χ0) is 13.8. The number of carbonyl (C=O) groups is 1. The van der Waals surface area contributed by atoms with Gasteiger partial charge in [-0.05, 0) is 42.3 Å². The van der Waals surface area contributed by atoms with Crippen LogP contribution >= 0.6 is 0 Å². The van der Waals surface area contributed by atoms with Crippen molar-refractivity contribution in [3.05, 3.63) is 65.0 Å². The summed E-state index contributed by atoms with van der Waals surface area (Å²) in [7, 11) is 0. The Bertz CT molecular complexity index is 611. The number of benzene rings is 2. The van der Waals surface area contributed by atoms with Gasteiger partial charge in [-0.1, -0.05) is 18.2 Å². The lowest BCUT2D eigenvalue weighted by molar-refractivity contribution is 0.1000. The Hall–Kier alpha value is -2.36. The molecule has 2 rings (SSSR count). The molecule has 0 spiro atoms. The second kappa shape index (κ2) is 5.52. The maximum absolute atomic E-state index is 13.1. The average Bonchev–Trinajstić information content (AvgIpc) is 2.37. The second-order valence-corrected chi connectivity index (χ2v) is 4.33. The van der Waals surface area contributed by atoms with Gasteiger partial charge in [0.2, 0.25) is 5.91 Å². The molecule has 0 aliphatic rings. The summed E-state index contributed by atoms with van der Waals surface area (Å²) in [5.74, 6) is -0.714. The fraction of sp³-hybridized carbons (Fsp3) is 0.133. The molecule has 1 amide bonds. The van der Waals surface area contributed by atoms with E-state index in [1.54, 1.807) is 18.2 Å². The fourth-order valence-electron chi connectivity index (χ4n) is 1.94. The van der Waals surface area contributed by atoms with E-state index in [-0.39, 0.29) is 5.82 Å². The van der Waals surface area contributed by atoms with Crippen LogP contribution in [0.3, 0.4) is 0 Å². The van der Waals surface area contributed by atoms with E-state index in [0.717, 1.165) is 16.8 Å². The molecule has 0 fully saturated rings. The van der Waals surface area contributed by atoms with E-state index in [1.165, 1.54) is 12.1 Å². The van der Waals surface area contributed by atoms with E-state index in [9.17, 15) is 9.18 Å². The van der Waals surface area contributed by atoms with Crippen molar-refractivity contribution in [3.63, 3.8) is 0 Å². The van der Waals surface area contributed by atoms with Crippen LogP contribution in [0.2, 0.25) is 0 Å². The molecule has 3 nitrogen and oxygen atoms in total.